The summed E-state index contributed by atoms with van der Waals surface area (Å²) >= 11 is 0. The lowest BCUT2D eigenvalue weighted by Gasteiger charge is -2.27. The zero-order valence-electron chi connectivity index (χ0n) is 17.0. The van der Waals surface area contributed by atoms with Crippen molar-refractivity contribution in [2.45, 2.75) is 24.7 Å². The summed E-state index contributed by atoms with van der Waals surface area (Å²) in [5.41, 5.74) is 1.05. The number of nitro benzene ring substituents is 1. The van der Waals surface area contributed by atoms with Gasteiger partial charge in [-0.25, -0.2) is 4.79 Å². The number of hydrogen-bond acceptors (Lipinski definition) is 7. The fourth-order valence-electron chi connectivity index (χ4n) is 3.27. The molecule has 0 N–H and O–H groups in total. The van der Waals surface area contributed by atoms with Crippen molar-refractivity contribution in [3.05, 3.63) is 81.9 Å². The summed E-state index contributed by atoms with van der Waals surface area (Å²) in [5, 5.41) is 10.7. The Morgan fingerprint density at radius 2 is 1.58 bits per heavy atom. The molecule has 0 bridgehead atoms. The topological polar surface area (TPSA) is 113 Å². The number of ether oxygens (including phenoxy) is 1. The fourth-order valence-corrected chi connectivity index (χ4v) is 4.23. The van der Waals surface area contributed by atoms with Gasteiger partial charge < -0.3 is 4.74 Å². The van der Waals surface area contributed by atoms with E-state index < -0.39 is 21.0 Å². The van der Waals surface area contributed by atoms with E-state index in [0.717, 1.165) is 5.56 Å². The van der Waals surface area contributed by atoms with Crippen LogP contribution in [0.1, 0.15) is 28.8 Å². The number of hydrogen-bond donors (Lipinski definition) is 0. The van der Waals surface area contributed by atoms with Crippen LogP contribution in [0.3, 0.4) is 0 Å². The highest BCUT2D eigenvalue weighted by atomic mass is 32.2. The minimum Gasteiger partial charge on any atom is -0.462 e. The molecule has 0 heterocycles. The van der Waals surface area contributed by atoms with Crippen LogP contribution >= 0.6 is 0 Å². The molecule has 2 aromatic rings. The van der Waals surface area contributed by atoms with E-state index >= 15 is 0 Å². The average Bonchev–Trinajstić information content (AvgIpc) is 2.77. The van der Waals surface area contributed by atoms with Crippen molar-refractivity contribution >= 4 is 21.8 Å². The molecule has 2 atom stereocenters. The van der Waals surface area contributed by atoms with E-state index in [1.165, 1.54) is 36.4 Å². The second-order valence-corrected chi connectivity index (χ2v) is 9.03. The molecule has 164 valence electrons. The molecular weight excluding hydrogens is 422 g/mol. The third-order valence-corrected chi connectivity index (χ3v) is 6.50. The molecule has 9 heteroatoms. The summed E-state index contributed by atoms with van der Waals surface area (Å²) in [6.45, 7) is 1.95. The van der Waals surface area contributed by atoms with Crippen molar-refractivity contribution in [2.24, 2.45) is 11.8 Å². The van der Waals surface area contributed by atoms with Gasteiger partial charge in [0, 0.05) is 18.1 Å². The molecule has 0 fully saturated rings. The zero-order valence-corrected chi connectivity index (χ0v) is 17.8. The van der Waals surface area contributed by atoms with Gasteiger partial charge in [-0.15, -0.1) is 0 Å². The molecule has 31 heavy (non-hydrogen) atoms. The molecule has 0 aromatic heterocycles. The number of aryl methyl sites for hydroxylation is 1. The van der Waals surface area contributed by atoms with Crippen molar-refractivity contribution in [1.82, 2.24) is 0 Å². The molecule has 0 aliphatic heterocycles. The van der Waals surface area contributed by atoms with Crippen molar-refractivity contribution in [2.75, 3.05) is 13.2 Å². The van der Waals surface area contributed by atoms with Crippen LogP contribution in [0, 0.1) is 28.9 Å². The number of benzene rings is 2. The first kappa shape index (κ1) is 22.6. The third-order valence-electron chi connectivity index (χ3n) is 5.20. The van der Waals surface area contributed by atoms with Crippen molar-refractivity contribution < 1.29 is 27.1 Å². The van der Waals surface area contributed by atoms with Crippen LogP contribution in [-0.2, 0) is 19.0 Å². The summed E-state index contributed by atoms with van der Waals surface area (Å²) in [5.74, 6) is -0.813. The molecule has 2 aromatic carbocycles. The Balaban J connectivity index is 1.58. The molecule has 0 amide bonds. The van der Waals surface area contributed by atoms with Gasteiger partial charge in [0.2, 0.25) is 0 Å². The average molecular weight is 445 g/mol. The molecule has 0 saturated carbocycles. The van der Waals surface area contributed by atoms with E-state index in [2.05, 4.69) is 0 Å². The maximum Gasteiger partial charge on any atom is 0.338 e. The molecule has 1 aliphatic rings. The van der Waals surface area contributed by atoms with E-state index in [0.29, 0.717) is 12.8 Å². The first-order valence-corrected chi connectivity index (χ1v) is 11.2. The van der Waals surface area contributed by atoms with Crippen LogP contribution in [0.4, 0.5) is 5.69 Å². The molecule has 3 rings (SSSR count). The van der Waals surface area contributed by atoms with Crippen LogP contribution in [0.15, 0.2) is 65.6 Å². The molecule has 0 unspecified atom stereocenters. The van der Waals surface area contributed by atoms with Crippen LogP contribution in [0.25, 0.3) is 0 Å². The predicted octanol–water partition coefficient (Wildman–Crippen LogP) is 4.05. The number of nitrogens with zero attached hydrogens (tertiary/aromatic N) is 1. The molecule has 0 spiro atoms. The minimum atomic E-state index is -3.87. The van der Waals surface area contributed by atoms with Gasteiger partial charge in [0.25, 0.3) is 15.8 Å². The maximum absolute atomic E-state index is 12.4. The minimum absolute atomic E-state index is 0.0136. The Hall–Kier alpha value is -3.04. The molecule has 1 aliphatic carbocycles. The van der Waals surface area contributed by atoms with Gasteiger partial charge in [0.1, 0.15) is 0 Å². The van der Waals surface area contributed by atoms with Crippen LogP contribution in [0.2, 0.25) is 0 Å². The van der Waals surface area contributed by atoms with E-state index in [9.17, 15) is 23.3 Å². The van der Waals surface area contributed by atoms with E-state index in [-0.39, 0.29) is 41.2 Å². The first-order chi connectivity index (χ1) is 14.8. The lowest BCUT2D eigenvalue weighted by molar-refractivity contribution is -0.384. The summed E-state index contributed by atoms with van der Waals surface area (Å²) < 4.78 is 35.6. The Labute approximate surface area is 180 Å². The van der Waals surface area contributed by atoms with Crippen molar-refractivity contribution in [3.8, 4) is 0 Å². The van der Waals surface area contributed by atoms with Crippen LogP contribution in [-0.4, -0.2) is 32.5 Å². The summed E-state index contributed by atoms with van der Waals surface area (Å²) in [6.07, 6.45) is 5.17. The number of rotatable bonds is 8. The van der Waals surface area contributed by atoms with Crippen LogP contribution < -0.4 is 0 Å². The second kappa shape index (κ2) is 9.84. The summed E-state index contributed by atoms with van der Waals surface area (Å²) in [4.78, 5) is 22.5. The highest BCUT2D eigenvalue weighted by Crippen LogP contribution is 2.28. The normalized spacial score (nSPS) is 18.5. The maximum atomic E-state index is 12.4. The highest BCUT2D eigenvalue weighted by molar-refractivity contribution is 7.86. The quantitative estimate of drug-likeness (QED) is 0.198. The van der Waals surface area contributed by atoms with Gasteiger partial charge in [0.05, 0.1) is 28.6 Å². The van der Waals surface area contributed by atoms with Crippen molar-refractivity contribution in [3.63, 3.8) is 0 Å². The smallest absolute Gasteiger partial charge is 0.338 e. The molecule has 0 saturated heterocycles. The number of allylic oxidation sites excluding steroid dienone is 2. The van der Waals surface area contributed by atoms with Gasteiger partial charge in [-0.05, 0) is 49.9 Å². The van der Waals surface area contributed by atoms with E-state index in [1.54, 1.807) is 12.1 Å². The molecular formula is C22H23NO7S. The standard InChI is InChI=1S/C22H23NO7S/c1-16-6-12-21(13-7-16)31(27,28)30-15-19-5-3-2-4-18(19)14-29-22(24)17-8-10-20(11-9-17)23(25)26/h2-3,6-13,18-19H,4-5,14-15H2,1H3/t18-,19+/m0/s1. The van der Waals surface area contributed by atoms with Gasteiger partial charge in [0.15, 0.2) is 0 Å². The Kier molecular flexibility index (Phi) is 7.19. The highest BCUT2D eigenvalue weighted by Gasteiger charge is 2.27. The number of carbonyl (C=O) groups excluding carboxylic acids is 1. The number of non-ortho nitro benzene ring substituents is 1. The Morgan fingerprint density at radius 1 is 1.00 bits per heavy atom. The van der Waals surface area contributed by atoms with E-state index in [4.69, 9.17) is 8.92 Å². The predicted molar refractivity (Wildman–Crippen MR) is 113 cm³/mol. The third kappa shape index (κ3) is 5.99. The monoisotopic (exact) mass is 445 g/mol. The largest absolute Gasteiger partial charge is 0.462 e. The second-order valence-electron chi connectivity index (χ2n) is 7.42. The van der Waals surface area contributed by atoms with Crippen molar-refractivity contribution in [1.29, 1.82) is 0 Å². The fraction of sp³-hybridized carbons (Fsp3) is 0.318. The van der Waals surface area contributed by atoms with Gasteiger partial charge in [-0.1, -0.05) is 29.8 Å². The van der Waals surface area contributed by atoms with E-state index in [1.807, 2.05) is 19.1 Å². The lowest BCUT2D eigenvalue weighted by Crippen LogP contribution is -2.28. The lowest BCUT2D eigenvalue weighted by atomic mass is 9.84. The molecule has 0 radical (unpaired) electrons. The zero-order chi connectivity index (χ0) is 22.4. The molecule has 8 nitrogen and oxygen atoms in total. The Morgan fingerprint density at radius 3 is 2.16 bits per heavy atom. The van der Waals surface area contributed by atoms with Gasteiger partial charge >= 0.3 is 5.97 Å². The summed E-state index contributed by atoms with van der Waals surface area (Å²) in [7, 11) is -3.87. The SMILES string of the molecule is Cc1ccc(S(=O)(=O)OC[C@H]2CC=CC[C@H]2COC(=O)c2ccc([N+](=O)[O-])cc2)cc1. The van der Waals surface area contributed by atoms with Crippen LogP contribution in [0.5, 0.6) is 0 Å². The first-order valence-electron chi connectivity index (χ1n) is 9.79. The Bertz CT molecular complexity index is 1060. The van der Waals surface area contributed by atoms with Gasteiger partial charge in [-0.2, -0.15) is 8.42 Å². The number of carbonyl (C=O) groups is 1. The number of nitro groups is 1. The van der Waals surface area contributed by atoms with Gasteiger partial charge in [-0.3, -0.25) is 14.3 Å². The summed E-state index contributed by atoms with van der Waals surface area (Å²) in [6, 6.07) is 11.6. The number of esters is 1.